The number of methoxy groups -OCH3 is 1. The van der Waals surface area contributed by atoms with Crippen molar-refractivity contribution in [2.75, 3.05) is 51.2 Å². The number of amides is 1. The number of hydrogen-bond acceptors (Lipinski definition) is 5. The van der Waals surface area contributed by atoms with Gasteiger partial charge in [0.15, 0.2) is 0 Å². The third kappa shape index (κ3) is 6.72. The first-order chi connectivity index (χ1) is 9.63. The number of rotatable bonds is 9. The van der Waals surface area contributed by atoms with Gasteiger partial charge < -0.3 is 25.3 Å². The number of halogens is 1. The van der Waals surface area contributed by atoms with Crippen LogP contribution in [0.5, 0.6) is 0 Å². The third-order valence-electron chi connectivity index (χ3n) is 2.33. The first kappa shape index (κ1) is 16.7. The van der Waals surface area contributed by atoms with Crippen molar-refractivity contribution in [1.82, 2.24) is 0 Å². The predicted molar refractivity (Wildman–Crippen MR) is 78.0 cm³/mol. The summed E-state index contributed by atoms with van der Waals surface area (Å²) < 4.78 is 15.2. The van der Waals surface area contributed by atoms with E-state index in [2.05, 4.69) is 5.32 Å². The Bertz CT molecular complexity index is 429. The first-order valence-corrected chi connectivity index (χ1v) is 6.50. The van der Waals surface area contributed by atoms with Gasteiger partial charge in [0, 0.05) is 12.1 Å². The van der Waals surface area contributed by atoms with Gasteiger partial charge in [-0.15, -0.1) is 0 Å². The number of hydrogen-bond donors (Lipinski definition) is 2. The van der Waals surface area contributed by atoms with Crippen molar-refractivity contribution in [2.45, 2.75) is 0 Å². The summed E-state index contributed by atoms with van der Waals surface area (Å²) in [4.78, 5) is 11.6. The molecule has 1 amide bonds. The number of carbonyl (C=O) groups excluding carboxylic acids is 1. The summed E-state index contributed by atoms with van der Waals surface area (Å²) in [6.45, 7) is 1.72. The quantitative estimate of drug-likeness (QED) is 0.534. The lowest BCUT2D eigenvalue weighted by Crippen LogP contribution is -2.20. The lowest BCUT2D eigenvalue weighted by Gasteiger charge is -2.09. The van der Waals surface area contributed by atoms with Crippen molar-refractivity contribution in [3.05, 3.63) is 23.2 Å². The fraction of sp³-hybridized carbons (Fsp3) is 0.462. The normalized spacial score (nSPS) is 10.5. The Balaban J connectivity index is 2.19. The minimum absolute atomic E-state index is 0.0699. The van der Waals surface area contributed by atoms with Gasteiger partial charge in [-0.1, -0.05) is 11.6 Å². The number of anilines is 2. The first-order valence-electron chi connectivity index (χ1n) is 6.12. The van der Waals surface area contributed by atoms with Crippen molar-refractivity contribution >= 4 is 28.9 Å². The molecule has 112 valence electrons. The molecule has 0 radical (unpaired) electrons. The van der Waals surface area contributed by atoms with Gasteiger partial charge in [-0.05, 0) is 18.2 Å². The molecule has 0 saturated carbocycles. The van der Waals surface area contributed by atoms with Gasteiger partial charge in [0.1, 0.15) is 6.61 Å². The zero-order chi connectivity index (χ0) is 14.8. The van der Waals surface area contributed by atoms with E-state index in [-0.39, 0.29) is 12.5 Å². The predicted octanol–water partition coefficient (Wildman–Crippen LogP) is 1.54. The standard InChI is InChI=1S/C13H19ClN2O4/c1-18-4-5-19-6-7-20-9-13(17)16-12-8-10(14)2-3-11(12)15/h2-3,8H,4-7,9,15H2,1H3,(H,16,17). The average Bonchev–Trinajstić information content (AvgIpc) is 2.42. The van der Waals surface area contributed by atoms with Gasteiger partial charge in [0.2, 0.25) is 5.91 Å². The molecular weight excluding hydrogens is 284 g/mol. The molecule has 0 aliphatic carbocycles. The lowest BCUT2D eigenvalue weighted by molar-refractivity contribution is -0.121. The molecule has 0 atom stereocenters. The molecule has 0 heterocycles. The van der Waals surface area contributed by atoms with E-state index in [1.54, 1.807) is 25.3 Å². The van der Waals surface area contributed by atoms with Crippen LogP contribution in [0.15, 0.2) is 18.2 Å². The fourth-order valence-corrected chi connectivity index (χ4v) is 1.52. The second kappa shape index (κ2) is 9.55. The van der Waals surface area contributed by atoms with Gasteiger partial charge >= 0.3 is 0 Å². The van der Waals surface area contributed by atoms with Crippen LogP contribution in [-0.4, -0.2) is 46.1 Å². The van der Waals surface area contributed by atoms with Crippen LogP contribution in [0.1, 0.15) is 0 Å². The van der Waals surface area contributed by atoms with E-state index in [1.807, 2.05) is 0 Å². The van der Waals surface area contributed by atoms with Crippen LogP contribution in [0.25, 0.3) is 0 Å². The summed E-state index contributed by atoms with van der Waals surface area (Å²) in [5, 5.41) is 3.13. The van der Waals surface area contributed by atoms with Gasteiger partial charge in [-0.3, -0.25) is 4.79 Å². The Morgan fingerprint density at radius 1 is 1.25 bits per heavy atom. The molecule has 0 aliphatic rings. The maximum absolute atomic E-state index is 11.6. The second-order valence-electron chi connectivity index (χ2n) is 3.94. The molecule has 1 aromatic rings. The van der Waals surface area contributed by atoms with Crippen molar-refractivity contribution < 1.29 is 19.0 Å². The highest BCUT2D eigenvalue weighted by atomic mass is 35.5. The number of carbonyl (C=O) groups is 1. The summed E-state index contributed by atoms with van der Waals surface area (Å²) >= 11 is 5.82. The Morgan fingerprint density at radius 2 is 1.95 bits per heavy atom. The summed E-state index contributed by atoms with van der Waals surface area (Å²) in [7, 11) is 1.60. The SMILES string of the molecule is COCCOCCOCC(=O)Nc1cc(Cl)ccc1N. The second-order valence-corrected chi connectivity index (χ2v) is 4.37. The zero-order valence-corrected chi connectivity index (χ0v) is 12.1. The number of ether oxygens (including phenoxy) is 3. The Morgan fingerprint density at radius 3 is 2.70 bits per heavy atom. The zero-order valence-electron chi connectivity index (χ0n) is 11.4. The molecule has 0 fully saturated rings. The summed E-state index contributed by atoms with van der Waals surface area (Å²) in [6.07, 6.45) is 0. The molecule has 0 spiro atoms. The summed E-state index contributed by atoms with van der Waals surface area (Å²) in [5.74, 6) is -0.296. The molecule has 3 N–H and O–H groups in total. The fourth-order valence-electron chi connectivity index (χ4n) is 1.35. The smallest absolute Gasteiger partial charge is 0.250 e. The average molecular weight is 303 g/mol. The van der Waals surface area contributed by atoms with Gasteiger partial charge in [0.05, 0.1) is 37.8 Å². The minimum atomic E-state index is -0.296. The topological polar surface area (TPSA) is 82.8 Å². The highest BCUT2D eigenvalue weighted by Gasteiger charge is 2.06. The van der Waals surface area contributed by atoms with E-state index in [9.17, 15) is 4.79 Å². The molecule has 0 unspecified atom stereocenters. The number of nitrogens with one attached hydrogen (secondary N) is 1. The van der Waals surface area contributed by atoms with E-state index in [4.69, 9.17) is 31.5 Å². The molecule has 1 rings (SSSR count). The number of nitrogens with two attached hydrogens (primary N) is 1. The van der Waals surface area contributed by atoms with Crippen LogP contribution in [0.2, 0.25) is 5.02 Å². The van der Waals surface area contributed by atoms with Crippen LogP contribution < -0.4 is 11.1 Å². The van der Waals surface area contributed by atoms with Crippen LogP contribution >= 0.6 is 11.6 Å². The van der Waals surface area contributed by atoms with Gasteiger partial charge in [-0.25, -0.2) is 0 Å². The summed E-state index contributed by atoms with van der Waals surface area (Å²) in [6, 6.07) is 4.87. The van der Waals surface area contributed by atoms with Crippen molar-refractivity contribution in [3.8, 4) is 0 Å². The molecule has 0 aliphatic heterocycles. The molecule has 0 saturated heterocycles. The van der Waals surface area contributed by atoms with E-state index in [1.165, 1.54) is 0 Å². The Hall–Kier alpha value is -1.34. The third-order valence-corrected chi connectivity index (χ3v) is 2.56. The molecule has 6 nitrogen and oxygen atoms in total. The van der Waals surface area contributed by atoms with Crippen LogP contribution in [0, 0.1) is 0 Å². The van der Waals surface area contributed by atoms with Crippen LogP contribution in [0.4, 0.5) is 11.4 Å². The molecule has 20 heavy (non-hydrogen) atoms. The minimum Gasteiger partial charge on any atom is -0.397 e. The molecular formula is C13H19ClN2O4. The maximum atomic E-state index is 11.6. The highest BCUT2D eigenvalue weighted by molar-refractivity contribution is 6.31. The summed E-state index contributed by atoms with van der Waals surface area (Å²) in [5.41, 5.74) is 6.64. The Labute approximate surface area is 123 Å². The lowest BCUT2D eigenvalue weighted by atomic mass is 10.2. The molecule has 7 heteroatoms. The van der Waals surface area contributed by atoms with E-state index >= 15 is 0 Å². The highest BCUT2D eigenvalue weighted by Crippen LogP contribution is 2.22. The number of nitrogen functional groups attached to an aromatic ring is 1. The van der Waals surface area contributed by atoms with Crippen LogP contribution in [-0.2, 0) is 19.0 Å². The molecule has 1 aromatic carbocycles. The molecule has 0 aromatic heterocycles. The van der Waals surface area contributed by atoms with Gasteiger partial charge in [-0.2, -0.15) is 0 Å². The number of benzene rings is 1. The van der Waals surface area contributed by atoms with Crippen molar-refractivity contribution in [2.24, 2.45) is 0 Å². The van der Waals surface area contributed by atoms with Gasteiger partial charge in [0.25, 0.3) is 0 Å². The van der Waals surface area contributed by atoms with E-state index < -0.39 is 0 Å². The monoisotopic (exact) mass is 302 g/mol. The van der Waals surface area contributed by atoms with Crippen LogP contribution in [0.3, 0.4) is 0 Å². The molecule has 0 bridgehead atoms. The van der Waals surface area contributed by atoms with E-state index in [0.717, 1.165) is 0 Å². The van der Waals surface area contributed by atoms with E-state index in [0.29, 0.717) is 42.8 Å². The van der Waals surface area contributed by atoms with Crippen molar-refractivity contribution in [1.29, 1.82) is 0 Å². The Kier molecular flexibility index (Phi) is 7.98. The maximum Gasteiger partial charge on any atom is 0.250 e. The van der Waals surface area contributed by atoms with Crippen molar-refractivity contribution in [3.63, 3.8) is 0 Å². The largest absolute Gasteiger partial charge is 0.397 e.